The van der Waals surface area contributed by atoms with Crippen LogP contribution in [0.1, 0.15) is 43.9 Å². The average Bonchev–Trinajstić information content (AvgIpc) is 3.36. The maximum absolute atomic E-state index is 13.2. The number of alkyl halides is 3. The Kier molecular flexibility index (Phi) is 5.68. The summed E-state index contributed by atoms with van der Waals surface area (Å²) in [4.78, 5) is 14.3. The van der Waals surface area contributed by atoms with Crippen LogP contribution >= 0.6 is 0 Å². The second-order valence-corrected chi connectivity index (χ2v) is 8.28. The summed E-state index contributed by atoms with van der Waals surface area (Å²) in [6.07, 6.45) is -3.42. The monoisotopic (exact) mass is 433 g/mol. The van der Waals surface area contributed by atoms with E-state index in [0.717, 1.165) is 33.8 Å². The number of hydrogen-bond donors (Lipinski definition) is 1. The molecule has 0 aliphatic heterocycles. The number of carbonyl (C=O) groups is 1. The van der Waals surface area contributed by atoms with Crippen LogP contribution in [-0.2, 0) is 11.2 Å². The molecule has 1 aromatic heterocycles. The molecule has 0 saturated carbocycles. The van der Waals surface area contributed by atoms with E-state index in [9.17, 15) is 23.1 Å². The van der Waals surface area contributed by atoms with E-state index in [-0.39, 0.29) is 18.4 Å². The maximum Gasteiger partial charge on any atom is 0.416 e. The first-order valence-corrected chi connectivity index (χ1v) is 10.6. The molecule has 1 amide bonds. The highest BCUT2D eigenvalue weighted by Crippen LogP contribution is 2.47. The van der Waals surface area contributed by atoms with Crippen molar-refractivity contribution in [3.63, 3.8) is 0 Å². The number of halogens is 3. The van der Waals surface area contributed by atoms with E-state index in [1.165, 1.54) is 5.57 Å². The fourth-order valence-corrected chi connectivity index (χ4v) is 4.91. The summed E-state index contributed by atoms with van der Waals surface area (Å²) in [6, 6.07) is 9.85. The number of hydrogen-bond acceptors (Lipinski definition) is 3. The molecule has 31 heavy (non-hydrogen) atoms. The van der Waals surface area contributed by atoms with Crippen LogP contribution in [0.2, 0.25) is 0 Å². The summed E-state index contributed by atoms with van der Waals surface area (Å²) in [5, 5.41) is 14.0. The van der Waals surface area contributed by atoms with E-state index in [2.05, 4.69) is 5.10 Å². The molecule has 0 spiro atoms. The maximum atomic E-state index is 13.2. The lowest BCUT2D eigenvalue weighted by atomic mass is 9.79. The van der Waals surface area contributed by atoms with Gasteiger partial charge in [-0.15, -0.1) is 0 Å². The topological polar surface area (TPSA) is 58.4 Å². The van der Waals surface area contributed by atoms with Gasteiger partial charge in [0.05, 0.1) is 30.0 Å². The minimum Gasteiger partial charge on any atom is -0.382 e. The summed E-state index contributed by atoms with van der Waals surface area (Å²) in [5.41, 5.74) is 5.34. The number of nitrogens with zero attached hydrogens (tertiary/aromatic N) is 3. The average molecular weight is 433 g/mol. The van der Waals surface area contributed by atoms with Crippen LogP contribution in [0.25, 0.3) is 5.69 Å². The van der Waals surface area contributed by atoms with E-state index in [1.807, 2.05) is 48.1 Å². The highest BCUT2D eigenvalue weighted by Gasteiger charge is 2.43. The van der Waals surface area contributed by atoms with Crippen molar-refractivity contribution < 1.29 is 23.1 Å². The Bertz CT molecular complexity index is 997. The Labute approximate surface area is 179 Å². The van der Waals surface area contributed by atoms with Gasteiger partial charge in [0.1, 0.15) is 0 Å². The van der Waals surface area contributed by atoms with Gasteiger partial charge in [0.15, 0.2) is 6.10 Å². The van der Waals surface area contributed by atoms with E-state index < -0.39 is 24.7 Å². The number of allylic oxidation sites excluding steroid dienone is 1. The lowest BCUT2D eigenvalue weighted by Gasteiger charge is -2.31. The molecule has 1 unspecified atom stereocenters. The highest BCUT2D eigenvalue weighted by molar-refractivity contribution is 5.83. The Morgan fingerprint density at radius 3 is 2.68 bits per heavy atom. The smallest absolute Gasteiger partial charge is 0.382 e. The number of aliphatic hydroxyl groups excluding tert-OH is 1. The zero-order valence-corrected chi connectivity index (χ0v) is 17.6. The Balaban J connectivity index is 1.59. The number of para-hydroxylation sites is 1. The van der Waals surface area contributed by atoms with Gasteiger partial charge in [-0.25, -0.2) is 4.68 Å². The number of benzene rings is 1. The van der Waals surface area contributed by atoms with Gasteiger partial charge in [-0.3, -0.25) is 4.79 Å². The predicted octanol–water partition coefficient (Wildman–Crippen LogP) is 4.01. The number of likely N-dealkylation sites (N-methyl/N-ethyl adjacent to an activating group) is 1. The predicted molar refractivity (Wildman–Crippen MR) is 110 cm³/mol. The molecule has 5 nitrogen and oxygen atoms in total. The molecule has 1 heterocycles. The van der Waals surface area contributed by atoms with Crippen molar-refractivity contribution in [1.29, 1.82) is 0 Å². The van der Waals surface area contributed by atoms with Crippen molar-refractivity contribution >= 4 is 5.91 Å². The van der Waals surface area contributed by atoms with Crippen LogP contribution in [0.15, 0.2) is 47.7 Å². The van der Waals surface area contributed by atoms with Crippen molar-refractivity contribution in [1.82, 2.24) is 14.7 Å². The van der Waals surface area contributed by atoms with Gasteiger partial charge in [0.2, 0.25) is 5.91 Å². The van der Waals surface area contributed by atoms with Crippen molar-refractivity contribution in [2.45, 2.75) is 51.3 Å². The summed E-state index contributed by atoms with van der Waals surface area (Å²) in [6.45, 7) is 3.06. The zero-order chi connectivity index (χ0) is 22.3. The second kappa shape index (κ2) is 8.15. The van der Waals surface area contributed by atoms with Crippen LogP contribution in [-0.4, -0.2) is 51.1 Å². The number of aromatic nitrogens is 2. The largest absolute Gasteiger partial charge is 0.416 e. The molecule has 2 aliphatic carbocycles. The van der Waals surface area contributed by atoms with Crippen LogP contribution in [0.3, 0.4) is 0 Å². The molecule has 2 aromatic rings. The minimum absolute atomic E-state index is 0.0288. The quantitative estimate of drug-likeness (QED) is 0.725. The molecule has 0 radical (unpaired) electrons. The normalized spacial score (nSPS) is 21.6. The first kappa shape index (κ1) is 21.6. The molecule has 1 N–H and O–H groups in total. The van der Waals surface area contributed by atoms with Gasteiger partial charge in [-0.1, -0.05) is 36.3 Å². The molecular weight excluding hydrogens is 407 g/mol. The number of rotatable bonds is 5. The molecular formula is C23H26F3N3O2. The number of aliphatic hydroxyl groups is 1. The van der Waals surface area contributed by atoms with Gasteiger partial charge >= 0.3 is 6.18 Å². The molecule has 0 fully saturated rings. The van der Waals surface area contributed by atoms with Crippen molar-refractivity contribution in [3.05, 3.63) is 58.9 Å². The van der Waals surface area contributed by atoms with Gasteiger partial charge in [-0.2, -0.15) is 18.3 Å². The zero-order valence-electron chi connectivity index (χ0n) is 17.6. The van der Waals surface area contributed by atoms with Gasteiger partial charge in [0.25, 0.3) is 0 Å². The van der Waals surface area contributed by atoms with E-state index in [4.69, 9.17) is 0 Å². The van der Waals surface area contributed by atoms with Crippen LogP contribution in [0.5, 0.6) is 0 Å². The molecule has 0 saturated heterocycles. The molecule has 8 heteroatoms. The fraction of sp³-hybridized carbons (Fsp3) is 0.478. The third kappa shape index (κ3) is 3.89. The summed E-state index contributed by atoms with van der Waals surface area (Å²) >= 11 is 0. The minimum atomic E-state index is -4.74. The Morgan fingerprint density at radius 2 is 2.03 bits per heavy atom. The van der Waals surface area contributed by atoms with E-state index in [0.29, 0.717) is 12.8 Å². The first-order valence-electron chi connectivity index (χ1n) is 10.6. The molecule has 166 valence electrons. The van der Waals surface area contributed by atoms with E-state index in [1.54, 1.807) is 6.92 Å². The van der Waals surface area contributed by atoms with Crippen LogP contribution in [0.4, 0.5) is 13.2 Å². The van der Waals surface area contributed by atoms with Crippen molar-refractivity contribution in [3.8, 4) is 5.69 Å². The standard InChI is InChI=1S/C23H26F3N3O2/c1-3-28(13-20(30)23(24,25)26)22(31)17-10-9-15-11-19-18(14(2)21(15)17)12-27-29(19)16-7-5-4-6-8-16/h4-8,12,14,17,20,30H,3,9-11,13H2,1-2H3/t14-,17+,20?/m0/s1. The lowest BCUT2D eigenvalue weighted by molar-refractivity contribution is -0.208. The van der Waals surface area contributed by atoms with Crippen molar-refractivity contribution in [2.75, 3.05) is 13.1 Å². The molecule has 4 rings (SSSR count). The molecule has 3 atom stereocenters. The third-order valence-corrected chi connectivity index (χ3v) is 6.50. The summed E-state index contributed by atoms with van der Waals surface area (Å²) in [7, 11) is 0. The SMILES string of the molecule is CCN(CC(O)C(F)(F)F)C(=O)[C@@H]1CCC2=C1[C@@H](C)c1cnn(-c3ccccc3)c1C2. The van der Waals surface area contributed by atoms with E-state index >= 15 is 0 Å². The summed E-state index contributed by atoms with van der Waals surface area (Å²) < 4.78 is 40.4. The lowest BCUT2D eigenvalue weighted by Crippen LogP contribution is -2.46. The second-order valence-electron chi connectivity index (χ2n) is 8.28. The number of fused-ring (bicyclic) bond motifs is 1. The third-order valence-electron chi connectivity index (χ3n) is 6.50. The fourth-order valence-electron chi connectivity index (χ4n) is 4.91. The molecule has 2 aliphatic rings. The number of carbonyl (C=O) groups excluding carboxylic acids is 1. The highest BCUT2D eigenvalue weighted by atomic mass is 19.4. The number of amides is 1. The van der Waals surface area contributed by atoms with Crippen molar-refractivity contribution in [2.24, 2.45) is 5.92 Å². The Morgan fingerprint density at radius 1 is 1.32 bits per heavy atom. The Hall–Kier alpha value is -2.61. The van der Waals surface area contributed by atoms with Gasteiger partial charge in [0, 0.05) is 24.4 Å². The summed E-state index contributed by atoms with van der Waals surface area (Å²) in [5.74, 6) is -0.806. The van der Waals surface area contributed by atoms with Gasteiger partial charge < -0.3 is 10.0 Å². The van der Waals surface area contributed by atoms with Crippen LogP contribution in [0, 0.1) is 5.92 Å². The van der Waals surface area contributed by atoms with Crippen LogP contribution < -0.4 is 0 Å². The molecule has 1 aromatic carbocycles. The first-order chi connectivity index (χ1) is 14.7. The van der Waals surface area contributed by atoms with Gasteiger partial charge in [-0.05, 0) is 31.9 Å². The molecule has 0 bridgehead atoms.